The summed E-state index contributed by atoms with van der Waals surface area (Å²) >= 11 is 1.82. The Hall–Kier alpha value is -0.450. The molecule has 0 radical (unpaired) electrons. The van der Waals surface area contributed by atoms with Gasteiger partial charge in [-0.15, -0.1) is 0 Å². The molecule has 0 spiro atoms. The van der Waals surface area contributed by atoms with Crippen LogP contribution >= 0.6 is 11.8 Å². The van der Waals surface area contributed by atoms with Crippen molar-refractivity contribution in [3.05, 3.63) is 23.7 Å². The minimum Gasteiger partial charge on any atom is -0.468 e. The molecule has 0 saturated carbocycles. The first-order valence-corrected chi connectivity index (χ1v) is 6.32. The molecule has 1 aromatic heterocycles. The van der Waals surface area contributed by atoms with Crippen molar-refractivity contribution >= 4 is 11.8 Å². The molecule has 4 heteroatoms. The third-order valence-electron chi connectivity index (χ3n) is 2.16. The van der Waals surface area contributed by atoms with Crippen molar-refractivity contribution in [1.82, 2.24) is 0 Å². The van der Waals surface area contributed by atoms with Crippen LogP contribution in [0.1, 0.15) is 18.2 Å². The summed E-state index contributed by atoms with van der Waals surface area (Å²) in [5.74, 6) is 2.95. The maximum absolute atomic E-state index is 5.46. The minimum atomic E-state index is 0.163. The molecular formula is C11H19NO2S. The summed E-state index contributed by atoms with van der Waals surface area (Å²) in [6.45, 7) is 5.39. The summed E-state index contributed by atoms with van der Waals surface area (Å²) in [6.07, 6.45) is 1.90. The van der Waals surface area contributed by atoms with Crippen molar-refractivity contribution in [2.75, 3.05) is 18.9 Å². The highest BCUT2D eigenvalue weighted by atomic mass is 32.2. The van der Waals surface area contributed by atoms with E-state index in [1.165, 1.54) is 5.56 Å². The number of hydrogen-bond donors (Lipinski definition) is 1. The Labute approximate surface area is 95.4 Å². The van der Waals surface area contributed by atoms with E-state index in [0.29, 0.717) is 6.54 Å². The molecule has 3 nitrogen and oxygen atoms in total. The first-order chi connectivity index (χ1) is 7.24. The molecule has 0 fully saturated rings. The topological polar surface area (TPSA) is 48.4 Å². The van der Waals surface area contributed by atoms with E-state index in [9.17, 15) is 0 Å². The van der Waals surface area contributed by atoms with Crippen LogP contribution in [0.2, 0.25) is 0 Å². The fourth-order valence-electron chi connectivity index (χ4n) is 1.09. The molecule has 1 atom stereocenters. The zero-order chi connectivity index (χ0) is 11.1. The van der Waals surface area contributed by atoms with E-state index in [-0.39, 0.29) is 6.10 Å². The Morgan fingerprint density at radius 3 is 3.00 bits per heavy atom. The zero-order valence-electron chi connectivity index (χ0n) is 9.36. The van der Waals surface area contributed by atoms with Crippen LogP contribution in [0.4, 0.5) is 0 Å². The highest BCUT2D eigenvalue weighted by Crippen LogP contribution is 2.16. The van der Waals surface area contributed by atoms with E-state index >= 15 is 0 Å². The van der Waals surface area contributed by atoms with E-state index in [4.69, 9.17) is 14.9 Å². The third kappa shape index (κ3) is 4.73. The van der Waals surface area contributed by atoms with Crippen LogP contribution in [-0.2, 0) is 10.5 Å². The summed E-state index contributed by atoms with van der Waals surface area (Å²) in [5, 5.41) is 0. The lowest BCUT2D eigenvalue weighted by Crippen LogP contribution is -2.21. The van der Waals surface area contributed by atoms with Gasteiger partial charge in [0.1, 0.15) is 5.76 Å². The molecule has 0 bridgehead atoms. The van der Waals surface area contributed by atoms with Crippen molar-refractivity contribution < 1.29 is 9.15 Å². The van der Waals surface area contributed by atoms with Crippen LogP contribution < -0.4 is 5.73 Å². The Morgan fingerprint density at radius 2 is 2.40 bits per heavy atom. The highest BCUT2D eigenvalue weighted by molar-refractivity contribution is 7.98. The number of furan rings is 1. The molecule has 1 heterocycles. The zero-order valence-corrected chi connectivity index (χ0v) is 10.2. The minimum absolute atomic E-state index is 0.163. The van der Waals surface area contributed by atoms with Crippen LogP contribution in [0.15, 0.2) is 16.7 Å². The van der Waals surface area contributed by atoms with Gasteiger partial charge in [0, 0.05) is 12.3 Å². The number of nitrogens with two attached hydrogens (primary N) is 1. The van der Waals surface area contributed by atoms with Crippen molar-refractivity contribution in [1.29, 1.82) is 0 Å². The summed E-state index contributed by atoms with van der Waals surface area (Å²) in [7, 11) is 0. The molecule has 0 aliphatic carbocycles. The molecule has 15 heavy (non-hydrogen) atoms. The second-order valence-electron chi connectivity index (χ2n) is 3.50. The predicted octanol–water partition coefficient (Wildman–Crippen LogP) is 2.19. The summed E-state index contributed by atoms with van der Waals surface area (Å²) in [6, 6.07) is 1.99. The Morgan fingerprint density at radius 1 is 1.60 bits per heavy atom. The maximum atomic E-state index is 5.46. The number of aryl methyl sites for hydroxylation is 1. The van der Waals surface area contributed by atoms with E-state index in [0.717, 1.165) is 23.9 Å². The number of thioether (sulfide) groups is 1. The van der Waals surface area contributed by atoms with Gasteiger partial charge in [0.2, 0.25) is 0 Å². The fourth-order valence-corrected chi connectivity index (χ4v) is 1.93. The molecule has 2 N–H and O–H groups in total. The second kappa shape index (κ2) is 6.93. The second-order valence-corrected chi connectivity index (χ2v) is 4.60. The lowest BCUT2D eigenvalue weighted by Gasteiger charge is -2.09. The van der Waals surface area contributed by atoms with Gasteiger partial charge >= 0.3 is 0 Å². The normalized spacial score (nSPS) is 13.0. The molecule has 86 valence electrons. The van der Waals surface area contributed by atoms with Crippen LogP contribution in [0, 0.1) is 6.92 Å². The van der Waals surface area contributed by atoms with Crippen molar-refractivity contribution in [2.24, 2.45) is 5.73 Å². The molecule has 0 aliphatic rings. The summed E-state index contributed by atoms with van der Waals surface area (Å²) in [5.41, 5.74) is 6.66. The van der Waals surface area contributed by atoms with Gasteiger partial charge in [-0.25, -0.2) is 0 Å². The molecule has 1 rings (SSSR count). The van der Waals surface area contributed by atoms with Crippen LogP contribution in [0.25, 0.3) is 0 Å². The molecule has 1 aromatic rings. The van der Waals surface area contributed by atoms with Gasteiger partial charge in [0.05, 0.1) is 24.7 Å². The van der Waals surface area contributed by atoms with E-state index in [1.54, 1.807) is 6.26 Å². The maximum Gasteiger partial charge on any atom is 0.116 e. The SMILES string of the molecule is Cc1ccoc1CSCCOC(C)CN. The molecule has 0 amide bonds. The third-order valence-corrected chi connectivity index (χ3v) is 3.08. The van der Waals surface area contributed by atoms with Gasteiger partial charge in [0.25, 0.3) is 0 Å². The molecule has 0 aromatic carbocycles. The lowest BCUT2D eigenvalue weighted by atomic mass is 10.3. The van der Waals surface area contributed by atoms with Gasteiger partial charge < -0.3 is 14.9 Å². The van der Waals surface area contributed by atoms with Crippen molar-refractivity contribution in [2.45, 2.75) is 25.7 Å². The molecule has 1 unspecified atom stereocenters. The van der Waals surface area contributed by atoms with Gasteiger partial charge in [-0.3, -0.25) is 0 Å². The Bertz CT molecular complexity index is 275. The van der Waals surface area contributed by atoms with Gasteiger partial charge in [-0.1, -0.05) is 0 Å². The van der Waals surface area contributed by atoms with Gasteiger partial charge in [0.15, 0.2) is 0 Å². The van der Waals surface area contributed by atoms with Crippen molar-refractivity contribution in [3.63, 3.8) is 0 Å². The highest BCUT2D eigenvalue weighted by Gasteiger charge is 2.02. The van der Waals surface area contributed by atoms with E-state index in [1.807, 2.05) is 24.8 Å². The number of rotatable bonds is 7. The average Bonchev–Trinajstić information content (AvgIpc) is 2.63. The largest absolute Gasteiger partial charge is 0.468 e. The van der Waals surface area contributed by atoms with Crippen molar-refractivity contribution in [3.8, 4) is 0 Å². The lowest BCUT2D eigenvalue weighted by molar-refractivity contribution is 0.0846. The van der Waals surface area contributed by atoms with Crippen LogP contribution in [0.5, 0.6) is 0 Å². The first kappa shape index (κ1) is 12.6. The summed E-state index contributed by atoms with van der Waals surface area (Å²) in [4.78, 5) is 0. The first-order valence-electron chi connectivity index (χ1n) is 5.16. The standard InChI is InChI=1S/C11H19NO2S/c1-9-3-4-14-11(9)8-15-6-5-13-10(2)7-12/h3-4,10H,5-8,12H2,1-2H3. The van der Waals surface area contributed by atoms with Gasteiger partial charge in [-0.05, 0) is 25.5 Å². The molecular weight excluding hydrogens is 210 g/mol. The van der Waals surface area contributed by atoms with Crippen LogP contribution in [0.3, 0.4) is 0 Å². The van der Waals surface area contributed by atoms with Crippen LogP contribution in [-0.4, -0.2) is 25.0 Å². The Balaban J connectivity index is 2.05. The average molecular weight is 229 g/mol. The monoisotopic (exact) mass is 229 g/mol. The number of ether oxygens (including phenoxy) is 1. The molecule has 0 aliphatic heterocycles. The predicted molar refractivity (Wildman–Crippen MR) is 64.1 cm³/mol. The quantitative estimate of drug-likeness (QED) is 0.728. The number of hydrogen-bond acceptors (Lipinski definition) is 4. The Kier molecular flexibility index (Phi) is 5.83. The molecule has 0 saturated heterocycles. The smallest absolute Gasteiger partial charge is 0.116 e. The fraction of sp³-hybridized carbons (Fsp3) is 0.636. The van der Waals surface area contributed by atoms with E-state index < -0.39 is 0 Å². The van der Waals surface area contributed by atoms with Gasteiger partial charge in [-0.2, -0.15) is 11.8 Å². The van der Waals surface area contributed by atoms with E-state index in [2.05, 4.69) is 6.92 Å². The summed E-state index contributed by atoms with van der Waals surface area (Å²) < 4.78 is 10.8.